The van der Waals surface area contributed by atoms with Gasteiger partial charge in [-0.05, 0) is 6.07 Å². The Morgan fingerprint density at radius 2 is 1.87 bits per heavy atom. The number of aromatic nitrogens is 3. The predicted octanol–water partition coefficient (Wildman–Crippen LogP) is 3.77. The van der Waals surface area contributed by atoms with Gasteiger partial charge < -0.3 is 5.11 Å². The molecule has 3 aromatic rings. The van der Waals surface area contributed by atoms with Crippen molar-refractivity contribution in [1.82, 2.24) is 14.6 Å². The van der Waals surface area contributed by atoms with Crippen molar-refractivity contribution in [3.63, 3.8) is 0 Å². The van der Waals surface area contributed by atoms with Gasteiger partial charge in [-0.15, -0.1) is 0 Å². The molecule has 0 aliphatic carbocycles. The number of carboxylic acid groups (broad SMARTS) is 1. The quantitative estimate of drug-likeness (QED) is 0.770. The lowest BCUT2D eigenvalue weighted by Crippen LogP contribution is -2.10. The van der Waals surface area contributed by atoms with Crippen LogP contribution in [0.15, 0.2) is 36.4 Å². The van der Waals surface area contributed by atoms with Crippen molar-refractivity contribution in [2.75, 3.05) is 0 Å². The standard InChI is InChI=1S/C14H7ClF3N3O2/c15-11-10(13(22)23)19-12-8(14(16,17)18)6-9(20-21(11)12)7-4-2-1-3-5-7/h1-6H,(H,22,23). The lowest BCUT2D eigenvalue weighted by Gasteiger charge is -2.10. The average molecular weight is 342 g/mol. The molecule has 2 heterocycles. The zero-order valence-electron chi connectivity index (χ0n) is 11.2. The summed E-state index contributed by atoms with van der Waals surface area (Å²) in [4.78, 5) is 14.5. The van der Waals surface area contributed by atoms with Crippen molar-refractivity contribution >= 4 is 23.2 Å². The molecule has 1 N–H and O–H groups in total. The Morgan fingerprint density at radius 3 is 2.43 bits per heavy atom. The Hall–Kier alpha value is -2.61. The lowest BCUT2D eigenvalue weighted by atomic mass is 10.1. The average Bonchev–Trinajstić information content (AvgIpc) is 2.84. The number of nitrogens with zero attached hydrogens (tertiary/aromatic N) is 3. The van der Waals surface area contributed by atoms with Gasteiger partial charge in [-0.1, -0.05) is 41.9 Å². The minimum Gasteiger partial charge on any atom is -0.476 e. The minimum atomic E-state index is -4.74. The van der Waals surface area contributed by atoms with Gasteiger partial charge in [-0.25, -0.2) is 14.3 Å². The molecule has 118 valence electrons. The molecule has 1 aromatic carbocycles. The van der Waals surface area contributed by atoms with E-state index in [1.54, 1.807) is 30.3 Å². The van der Waals surface area contributed by atoms with Crippen LogP contribution in [0.1, 0.15) is 16.1 Å². The van der Waals surface area contributed by atoms with Gasteiger partial charge in [0.25, 0.3) is 0 Å². The van der Waals surface area contributed by atoms with Gasteiger partial charge in [-0.2, -0.15) is 18.3 Å². The molecule has 0 fully saturated rings. The molecule has 2 aromatic heterocycles. The molecule has 0 unspecified atom stereocenters. The molecular formula is C14H7ClF3N3O2. The molecule has 0 saturated carbocycles. The van der Waals surface area contributed by atoms with E-state index < -0.39 is 34.2 Å². The molecule has 0 aliphatic heterocycles. The van der Waals surface area contributed by atoms with E-state index in [0.29, 0.717) is 10.1 Å². The highest BCUT2D eigenvalue weighted by molar-refractivity contribution is 6.32. The second kappa shape index (κ2) is 5.24. The zero-order valence-corrected chi connectivity index (χ0v) is 11.9. The van der Waals surface area contributed by atoms with E-state index in [0.717, 1.165) is 6.07 Å². The van der Waals surface area contributed by atoms with Gasteiger partial charge >= 0.3 is 12.1 Å². The first-order valence-electron chi connectivity index (χ1n) is 6.24. The second-order valence-electron chi connectivity index (χ2n) is 4.60. The first kappa shape index (κ1) is 15.3. The zero-order chi connectivity index (χ0) is 16.8. The van der Waals surface area contributed by atoms with Crippen LogP contribution in [0.4, 0.5) is 13.2 Å². The van der Waals surface area contributed by atoms with E-state index in [1.165, 1.54) is 0 Å². The maximum absolute atomic E-state index is 13.3. The number of alkyl halides is 3. The van der Waals surface area contributed by atoms with E-state index in [2.05, 4.69) is 10.1 Å². The van der Waals surface area contributed by atoms with Crippen molar-refractivity contribution in [2.45, 2.75) is 6.18 Å². The van der Waals surface area contributed by atoms with Crippen LogP contribution in [0.25, 0.3) is 16.9 Å². The Bertz CT molecular complexity index is 907. The molecule has 0 saturated heterocycles. The van der Waals surface area contributed by atoms with E-state index in [9.17, 15) is 18.0 Å². The third-order valence-electron chi connectivity index (χ3n) is 3.11. The number of benzene rings is 1. The number of aromatic carboxylic acids is 1. The van der Waals surface area contributed by atoms with Crippen LogP contribution < -0.4 is 0 Å². The Morgan fingerprint density at radius 1 is 1.22 bits per heavy atom. The molecule has 0 spiro atoms. The third kappa shape index (κ3) is 2.61. The summed E-state index contributed by atoms with van der Waals surface area (Å²) in [5.74, 6) is -1.53. The first-order valence-corrected chi connectivity index (χ1v) is 6.62. The van der Waals surface area contributed by atoms with E-state index >= 15 is 0 Å². The fourth-order valence-electron chi connectivity index (χ4n) is 2.09. The highest BCUT2D eigenvalue weighted by Crippen LogP contribution is 2.35. The van der Waals surface area contributed by atoms with Gasteiger partial charge in [0.15, 0.2) is 16.5 Å². The number of carboxylic acids is 1. The summed E-state index contributed by atoms with van der Waals surface area (Å²) in [7, 11) is 0. The molecule has 23 heavy (non-hydrogen) atoms. The fourth-order valence-corrected chi connectivity index (χ4v) is 2.33. The summed E-state index contributed by atoms with van der Waals surface area (Å²) >= 11 is 5.82. The van der Waals surface area contributed by atoms with Crippen LogP contribution in [-0.2, 0) is 6.18 Å². The number of imidazole rings is 1. The van der Waals surface area contributed by atoms with Crippen LogP contribution in [0.3, 0.4) is 0 Å². The van der Waals surface area contributed by atoms with Crippen molar-refractivity contribution in [3.8, 4) is 11.3 Å². The third-order valence-corrected chi connectivity index (χ3v) is 3.45. The number of hydrogen-bond donors (Lipinski definition) is 1. The summed E-state index contributed by atoms with van der Waals surface area (Å²) in [5.41, 5.74) is -2.02. The van der Waals surface area contributed by atoms with E-state index in [-0.39, 0.29) is 5.69 Å². The summed E-state index contributed by atoms with van der Waals surface area (Å²) in [6.07, 6.45) is -4.74. The summed E-state index contributed by atoms with van der Waals surface area (Å²) < 4.78 is 40.5. The molecule has 0 radical (unpaired) electrons. The van der Waals surface area contributed by atoms with Crippen molar-refractivity contribution < 1.29 is 23.1 Å². The van der Waals surface area contributed by atoms with Crippen molar-refractivity contribution in [2.24, 2.45) is 0 Å². The van der Waals surface area contributed by atoms with Gasteiger partial charge in [0, 0.05) is 5.56 Å². The first-order chi connectivity index (χ1) is 10.8. The van der Waals surface area contributed by atoms with Gasteiger partial charge in [0.2, 0.25) is 0 Å². The summed E-state index contributed by atoms with van der Waals surface area (Å²) in [6, 6.07) is 8.98. The summed E-state index contributed by atoms with van der Waals surface area (Å²) in [5, 5.41) is 12.5. The molecule has 0 amide bonds. The summed E-state index contributed by atoms with van der Waals surface area (Å²) in [6.45, 7) is 0. The maximum atomic E-state index is 13.3. The van der Waals surface area contributed by atoms with Gasteiger partial charge in [0.05, 0.1) is 5.69 Å². The minimum absolute atomic E-state index is 0.00154. The van der Waals surface area contributed by atoms with Crippen molar-refractivity contribution in [1.29, 1.82) is 0 Å². The largest absolute Gasteiger partial charge is 0.476 e. The van der Waals surface area contributed by atoms with Crippen LogP contribution in [-0.4, -0.2) is 25.7 Å². The molecular weight excluding hydrogens is 335 g/mol. The van der Waals surface area contributed by atoms with E-state index in [1.807, 2.05) is 0 Å². The van der Waals surface area contributed by atoms with Crippen LogP contribution >= 0.6 is 11.6 Å². The number of fused-ring (bicyclic) bond motifs is 1. The van der Waals surface area contributed by atoms with E-state index in [4.69, 9.17) is 16.7 Å². The molecule has 0 atom stereocenters. The van der Waals surface area contributed by atoms with Crippen LogP contribution in [0.5, 0.6) is 0 Å². The normalized spacial score (nSPS) is 11.8. The Labute approximate surface area is 131 Å². The number of rotatable bonds is 2. The Balaban J connectivity index is 2.38. The molecule has 5 nitrogen and oxygen atoms in total. The smallest absolute Gasteiger partial charge is 0.420 e. The van der Waals surface area contributed by atoms with Crippen LogP contribution in [0, 0.1) is 0 Å². The number of halogens is 4. The predicted molar refractivity (Wildman–Crippen MR) is 75.4 cm³/mol. The highest BCUT2D eigenvalue weighted by Gasteiger charge is 2.36. The molecule has 9 heteroatoms. The second-order valence-corrected chi connectivity index (χ2v) is 4.96. The molecule has 0 aliphatic rings. The van der Waals surface area contributed by atoms with Crippen LogP contribution in [0.2, 0.25) is 5.15 Å². The monoisotopic (exact) mass is 341 g/mol. The maximum Gasteiger partial charge on any atom is 0.420 e. The number of hydrogen-bond acceptors (Lipinski definition) is 3. The number of carbonyl (C=O) groups is 1. The van der Waals surface area contributed by atoms with Gasteiger partial charge in [0.1, 0.15) is 5.56 Å². The topological polar surface area (TPSA) is 67.5 Å². The highest BCUT2D eigenvalue weighted by atomic mass is 35.5. The Kier molecular flexibility index (Phi) is 3.48. The fraction of sp³-hybridized carbons (Fsp3) is 0.0714. The lowest BCUT2D eigenvalue weighted by molar-refractivity contribution is -0.136. The van der Waals surface area contributed by atoms with Gasteiger partial charge in [-0.3, -0.25) is 0 Å². The molecule has 3 rings (SSSR count). The molecule has 0 bridgehead atoms. The van der Waals surface area contributed by atoms with Crippen molar-refractivity contribution in [3.05, 3.63) is 52.8 Å². The SMILES string of the molecule is O=C(O)c1nc2c(C(F)(F)F)cc(-c3ccccc3)nn2c1Cl.